The van der Waals surface area contributed by atoms with E-state index in [1.54, 1.807) is 20.8 Å². The van der Waals surface area contributed by atoms with Crippen LogP contribution >= 0.6 is 15.9 Å². The van der Waals surface area contributed by atoms with Gasteiger partial charge in [-0.3, -0.25) is 14.2 Å². The first kappa shape index (κ1) is 22.4. The third kappa shape index (κ3) is 5.91. The summed E-state index contributed by atoms with van der Waals surface area (Å²) in [5.41, 5.74) is -2.30. The van der Waals surface area contributed by atoms with Crippen LogP contribution in [0.15, 0.2) is 26.3 Å². The molecule has 11 heteroatoms. The molecule has 1 rings (SSSR count). The van der Waals surface area contributed by atoms with Gasteiger partial charge in [0.15, 0.2) is 0 Å². The molecule has 10 nitrogen and oxygen atoms in total. The highest BCUT2D eigenvalue weighted by Crippen LogP contribution is 2.09. The van der Waals surface area contributed by atoms with Crippen LogP contribution in [-0.4, -0.2) is 46.9 Å². The SMILES string of the molecule is CCOC(=O)/C=C(\C(=O)OCC)n1cc(Br)c(=O)n(CC(=O)OCC)c1=O. The molecule has 0 atom stereocenters. The number of aromatic nitrogens is 2. The molecular weight excluding hydrogens is 428 g/mol. The molecule has 0 fully saturated rings. The molecule has 0 aliphatic rings. The van der Waals surface area contributed by atoms with Gasteiger partial charge in [-0.25, -0.2) is 19.0 Å². The van der Waals surface area contributed by atoms with E-state index in [4.69, 9.17) is 14.2 Å². The van der Waals surface area contributed by atoms with E-state index >= 15 is 0 Å². The highest BCUT2D eigenvalue weighted by molar-refractivity contribution is 9.10. The van der Waals surface area contributed by atoms with Gasteiger partial charge in [0.2, 0.25) is 0 Å². The fourth-order valence-corrected chi connectivity index (χ4v) is 2.36. The number of rotatable bonds is 8. The zero-order valence-corrected chi connectivity index (χ0v) is 16.6. The molecule has 0 saturated carbocycles. The molecule has 0 spiro atoms. The van der Waals surface area contributed by atoms with Gasteiger partial charge in [0.25, 0.3) is 5.56 Å². The Hall–Kier alpha value is -2.69. The van der Waals surface area contributed by atoms with Crippen molar-refractivity contribution in [3.8, 4) is 0 Å². The third-order valence-corrected chi connectivity index (χ3v) is 3.55. The molecule has 0 aromatic carbocycles. The Labute approximate surface area is 162 Å². The third-order valence-electron chi connectivity index (χ3n) is 3.01. The van der Waals surface area contributed by atoms with Gasteiger partial charge in [-0.2, -0.15) is 0 Å². The molecular formula is C16H19BrN2O8. The molecule has 27 heavy (non-hydrogen) atoms. The van der Waals surface area contributed by atoms with Crippen LogP contribution in [0, 0.1) is 0 Å². The van der Waals surface area contributed by atoms with Gasteiger partial charge < -0.3 is 14.2 Å². The van der Waals surface area contributed by atoms with Crippen LogP contribution in [0.5, 0.6) is 0 Å². The molecule has 148 valence electrons. The number of hydrogen-bond acceptors (Lipinski definition) is 8. The predicted molar refractivity (Wildman–Crippen MR) is 96.8 cm³/mol. The average molecular weight is 447 g/mol. The van der Waals surface area contributed by atoms with Gasteiger partial charge in [0, 0.05) is 6.20 Å². The van der Waals surface area contributed by atoms with Crippen LogP contribution in [0.4, 0.5) is 0 Å². The van der Waals surface area contributed by atoms with Crippen molar-refractivity contribution in [3.05, 3.63) is 37.6 Å². The van der Waals surface area contributed by atoms with Crippen molar-refractivity contribution >= 4 is 39.5 Å². The zero-order valence-electron chi connectivity index (χ0n) is 15.0. The van der Waals surface area contributed by atoms with Crippen LogP contribution in [0.25, 0.3) is 5.70 Å². The average Bonchev–Trinajstić information content (AvgIpc) is 2.60. The number of carbonyl (C=O) groups excluding carboxylic acids is 3. The lowest BCUT2D eigenvalue weighted by Crippen LogP contribution is -2.42. The fraction of sp³-hybridized carbons (Fsp3) is 0.438. The van der Waals surface area contributed by atoms with Crippen molar-refractivity contribution in [1.29, 1.82) is 0 Å². The topological polar surface area (TPSA) is 123 Å². The van der Waals surface area contributed by atoms with Gasteiger partial charge in [0.1, 0.15) is 12.2 Å². The molecule has 0 amide bonds. The van der Waals surface area contributed by atoms with Crippen molar-refractivity contribution in [1.82, 2.24) is 9.13 Å². The van der Waals surface area contributed by atoms with Crippen molar-refractivity contribution in [2.24, 2.45) is 0 Å². The molecule has 1 aromatic rings. The zero-order chi connectivity index (χ0) is 20.6. The van der Waals surface area contributed by atoms with Crippen LogP contribution in [0.1, 0.15) is 20.8 Å². The first-order valence-electron chi connectivity index (χ1n) is 8.00. The first-order valence-corrected chi connectivity index (χ1v) is 8.79. The maximum absolute atomic E-state index is 12.7. The summed E-state index contributed by atoms with van der Waals surface area (Å²) in [5, 5.41) is 0. The largest absolute Gasteiger partial charge is 0.465 e. The molecule has 0 saturated heterocycles. The first-order chi connectivity index (χ1) is 12.8. The lowest BCUT2D eigenvalue weighted by atomic mass is 10.3. The van der Waals surface area contributed by atoms with E-state index < -0.39 is 41.4 Å². The van der Waals surface area contributed by atoms with Crippen molar-refractivity contribution in [2.45, 2.75) is 27.3 Å². The Morgan fingerprint density at radius 2 is 1.63 bits per heavy atom. The van der Waals surface area contributed by atoms with E-state index in [2.05, 4.69) is 15.9 Å². The molecule has 0 aliphatic heterocycles. The number of halogens is 1. The van der Waals surface area contributed by atoms with Crippen LogP contribution in [0.2, 0.25) is 0 Å². The van der Waals surface area contributed by atoms with Gasteiger partial charge in [-0.05, 0) is 36.7 Å². The monoisotopic (exact) mass is 446 g/mol. The Kier molecular flexibility index (Phi) is 8.66. The second-order valence-electron chi connectivity index (χ2n) is 4.83. The normalized spacial score (nSPS) is 11.0. The molecule has 0 unspecified atom stereocenters. The Balaban J connectivity index is 3.59. The molecule has 0 aliphatic carbocycles. The second-order valence-corrected chi connectivity index (χ2v) is 5.68. The smallest absolute Gasteiger partial charge is 0.355 e. The Morgan fingerprint density at radius 1 is 1.04 bits per heavy atom. The Morgan fingerprint density at radius 3 is 2.19 bits per heavy atom. The quantitative estimate of drug-likeness (QED) is 0.317. The Bertz CT molecular complexity index is 868. The van der Waals surface area contributed by atoms with E-state index in [9.17, 15) is 24.0 Å². The maximum atomic E-state index is 12.7. The van der Waals surface area contributed by atoms with Crippen LogP contribution < -0.4 is 11.2 Å². The van der Waals surface area contributed by atoms with Crippen molar-refractivity contribution < 1.29 is 28.6 Å². The summed E-state index contributed by atoms with van der Waals surface area (Å²) < 4.78 is 15.5. The summed E-state index contributed by atoms with van der Waals surface area (Å²) in [6.45, 7) is 4.11. The molecule has 1 aromatic heterocycles. The summed E-state index contributed by atoms with van der Waals surface area (Å²) in [6.07, 6.45) is 1.78. The number of nitrogens with zero attached hydrogens (tertiary/aromatic N) is 2. The van der Waals surface area contributed by atoms with Crippen molar-refractivity contribution in [2.75, 3.05) is 19.8 Å². The van der Waals surface area contributed by atoms with Gasteiger partial charge >= 0.3 is 23.6 Å². The highest BCUT2D eigenvalue weighted by atomic mass is 79.9. The summed E-state index contributed by atoms with van der Waals surface area (Å²) >= 11 is 2.97. The fourth-order valence-electron chi connectivity index (χ4n) is 1.94. The van der Waals surface area contributed by atoms with E-state index in [0.29, 0.717) is 4.57 Å². The minimum atomic E-state index is -1.03. The predicted octanol–water partition coefficient (Wildman–Crippen LogP) is 0.303. The summed E-state index contributed by atoms with van der Waals surface area (Å²) in [6, 6.07) is 0. The second kappa shape index (κ2) is 10.5. The van der Waals surface area contributed by atoms with E-state index in [1.807, 2.05) is 0 Å². The van der Waals surface area contributed by atoms with Gasteiger partial charge in [-0.1, -0.05) is 0 Å². The number of esters is 3. The number of hydrogen-bond donors (Lipinski definition) is 0. The molecule has 0 N–H and O–H groups in total. The summed E-state index contributed by atoms with van der Waals surface area (Å²) in [7, 11) is 0. The van der Waals surface area contributed by atoms with E-state index in [1.165, 1.54) is 0 Å². The van der Waals surface area contributed by atoms with Crippen molar-refractivity contribution in [3.63, 3.8) is 0 Å². The van der Waals surface area contributed by atoms with E-state index in [-0.39, 0.29) is 24.3 Å². The minimum Gasteiger partial charge on any atom is -0.465 e. The maximum Gasteiger partial charge on any atom is 0.355 e. The lowest BCUT2D eigenvalue weighted by molar-refractivity contribution is -0.144. The minimum absolute atomic E-state index is 0.0165. The summed E-state index contributed by atoms with van der Waals surface area (Å²) in [5.74, 6) is -2.68. The molecule has 1 heterocycles. The number of carbonyl (C=O) groups is 3. The highest BCUT2D eigenvalue weighted by Gasteiger charge is 2.21. The van der Waals surface area contributed by atoms with Crippen LogP contribution in [0.3, 0.4) is 0 Å². The lowest BCUT2D eigenvalue weighted by Gasteiger charge is -2.13. The summed E-state index contributed by atoms with van der Waals surface area (Å²) in [4.78, 5) is 60.5. The van der Waals surface area contributed by atoms with Crippen LogP contribution in [-0.2, 0) is 35.1 Å². The number of ether oxygens (including phenoxy) is 3. The van der Waals surface area contributed by atoms with Gasteiger partial charge in [-0.15, -0.1) is 0 Å². The molecule has 0 bridgehead atoms. The van der Waals surface area contributed by atoms with E-state index in [0.717, 1.165) is 16.8 Å². The molecule has 0 radical (unpaired) electrons. The standard InChI is InChI=1S/C16H19BrN2O8/c1-4-25-12(20)7-11(15(23)27-6-3)18-8-10(17)14(22)19(16(18)24)9-13(21)26-5-2/h7-8H,4-6,9H2,1-3H3/b11-7+. The van der Waals surface area contributed by atoms with Gasteiger partial charge in [0.05, 0.1) is 30.4 Å².